The molecule has 150 valence electrons. The molecule has 1 aromatic heterocycles. The van der Waals surface area contributed by atoms with Crippen molar-refractivity contribution < 1.29 is 0 Å². The van der Waals surface area contributed by atoms with E-state index in [0.717, 1.165) is 35.0 Å². The Bertz CT molecular complexity index is 979. The minimum absolute atomic E-state index is 0.603. The zero-order valence-electron chi connectivity index (χ0n) is 16.9. The van der Waals surface area contributed by atoms with Gasteiger partial charge in [0.1, 0.15) is 17.3 Å². The monoisotopic (exact) mass is 408 g/mol. The molecule has 0 unspecified atom stereocenters. The summed E-state index contributed by atoms with van der Waals surface area (Å²) in [5.74, 6) is 2.07. The molecule has 1 aliphatic rings. The number of anilines is 1. The van der Waals surface area contributed by atoms with Crippen molar-refractivity contribution in [2.24, 2.45) is 9.98 Å². The molecule has 29 heavy (non-hydrogen) atoms. The van der Waals surface area contributed by atoms with E-state index in [4.69, 9.17) is 16.6 Å². The normalized spacial score (nSPS) is 13.9. The molecule has 1 aromatic carbocycles. The highest BCUT2D eigenvalue weighted by molar-refractivity contribution is 6.30. The molecule has 2 aromatic rings. The summed E-state index contributed by atoms with van der Waals surface area (Å²) in [6.07, 6.45) is 6.54. The lowest BCUT2D eigenvalue weighted by molar-refractivity contribution is 0.407. The Morgan fingerprint density at radius 3 is 2.93 bits per heavy atom. The van der Waals surface area contributed by atoms with Crippen molar-refractivity contribution in [3.05, 3.63) is 66.1 Å². The number of fused-ring (bicyclic) bond motifs is 1. The second kappa shape index (κ2) is 9.39. The minimum Gasteiger partial charge on any atom is -0.309 e. The highest BCUT2D eigenvalue weighted by Crippen LogP contribution is 2.34. The maximum absolute atomic E-state index is 6.16. The first-order chi connectivity index (χ1) is 14.0. The topological polar surface area (TPSA) is 56.1 Å². The largest absolute Gasteiger partial charge is 0.309 e. The molecule has 0 saturated carbocycles. The Morgan fingerprint density at radius 1 is 1.34 bits per heavy atom. The minimum atomic E-state index is 0.603. The summed E-state index contributed by atoms with van der Waals surface area (Å²) in [5, 5.41) is 2.51. The average Bonchev–Trinajstić information content (AvgIpc) is 2.89. The first-order valence-corrected chi connectivity index (χ1v) is 9.79. The maximum Gasteiger partial charge on any atom is 0.160 e. The van der Waals surface area contributed by atoms with Gasteiger partial charge in [0.2, 0.25) is 0 Å². The van der Waals surface area contributed by atoms with Gasteiger partial charge in [-0.2, -0.15) is 0 Å². The molecule has 0 atom stereocenters. The number of nitrogens with one attached hydrogen (secondary N) is 1. The van der Waals surface area contributed by atoms with E-state index in [-0.39, 0.29) is 0 Å². The molecule has 0 fully saturated rings. The molecule has 1 aliphatic heterocycles. The lowest BCUT2D eigenvalue weighted by atomic mass is 10.1. The summed E-state index contributed by atoms with van der Waals surface area (Å²) in [6, 6.07) is 11.6. The number of hydrogen-bond acceptors (Lipinski definition) is 5. The Morgan fingerprint density at radius 2 is 2.17 bits per heavy atom. The SMILES string of the molecule is C=C(N=C(C)NN(C)/C=C\C)N1CCC=Nc2ccc(-c3cccc(Cl)c3)nc21. The highest BCUT2D eigenvalue weighted by Gasteiger charge is 2.19. The van der Waals surface area contributed by atoms with Crippen LogP contribution in [0, 0.1) is 0 Å². The number of hydrazine groups is 1. The van der Waals surface area contributed by atoms with Crippen molar-refractivity contribution in [3.63, 3.8) is 0 Å². The van der Waals surface area contributed by atoms with Gasteiger partial charge in [-0.3, -0.25) is 15.4 Å². The van der Waals surface area contributed by atoms with Gasteiger partial charge in [-0.15, -0.1) is 0 Å². The van der Waals surface area contributed by atoms with Gasteiger partial charge in [-0.1, -0.05) is 36.4 Å². The molecule has 6 nitrogen and oxygen atoms in total. The first-order valence-electron chi connectivity index (χ1n) is 9.41. The van der Waals surface area contributed by atoms with Crippen LogP contribution in [0.4, 0.5) is 11.5 Å². The average molecular weight is 409 g/mol. The van der Waals surface area contributed by atoms with Crippen molar-refractivity contribution in [1.29, 1.82) is 0 Å². The Balaban J connectivity index is 1.92. The van der Waals surface area contributed by atoms with E-state index in [0.29, 0.717) is 17.4 Å². The van der Waals surface area contributed by atoms with Crippen molar-refractivity contribution in [2.75, 3.05) is 18.5 Å². The number of rotatable bonds is 5. The van der Waals surface area contributed by atoms with Crippen LogP contribution in [0.3, 0.4) is 0 Å². The molecule has 0 spiro atoms. The van der Waals surface area contributed by atoms with Crippen molar-refractivity contribution >= 4 is 35.2 Å². The third-order valence-corrected chi connectivity index (χ3v) is 4.50. The van der Waals surface area contributed by atoms with Crippen LogP contribution >= 0.6 is 11.6 Å². The molecular weight excluding hydrogens is 384 g/mol. The summed E-state index contributed by atoms with van der Waals surface area (Å²) in [6.45, 7) is 8.73. The lowest BCUT2D eigenvalue weighted by Crippen LogP contribution is -2.34. The van der Waals surface area contributed by atoms with E-state index in [1.807, 2.05) is 85.7 Å². The predicted molar refractivity (Wildman–Crippen MR) is 123 cm³/mol. The van der Waals surface area contributed by atoms with E-state index in [9.17, 15) is 0 Å². The summed E-state index contributed by atoms with van der Waals surface area (Å²) < 4.78 is 0. The molecule has 0 saturated heterocycles. The van der Waals surface area contributed by atoms with Gasteiger partial charge in [-0.25, -0.2) is 9.98 Å². The molecule has 0 radical (unpaired) electrons. The lowest BCUT2D eigenvalue weighted by Gasteiger charge is -2.24. The molecule has 1 N–H and O–H groups in total. The number of amidine groups is 1. The van der Waals surface area contributed by atoms with Gasteiger partial charge in [-0.05, 0) is 38.1 Å². The zero-order valence-corrected chi connectivity index (χ0v) is 17.7. The summed E-state index contributed by atoms with van der Waals surface area (Å²) in [4.78, 5) is 16.0. The Hall–Kier alpha value is -3.12. The number of allylic oxidation sites excluding steroid dienone is 1. The first kappa shape index (κ1) is 20.6. The van der Waals surface area contributed by atoms with E-state index in [1.165, 1.54) is 0 Å². The molecule has 3 rings (SSSR count). The number of pyridine rings is 1. The number of aromatic nitrogens is 1. The summed E-state index contributed by atoms with van der Waals surface area (Å²) in [5.41, 5.74) is 5.75. The second-order valence-electron chi connectivity index (χ2n) is 6.62. The number of aliphatic imine (C=N–C) groups is 2. The van der Waals surface area contributed by atoms with Gasteiger partial charge in [0.05, 0.1) is 5.69 Å². The summed E-state index contributed by atoms with van der Waals surface area (Å²) >= 11 is 6.16. The Labute approximate surface area is 176 Å². The van der Waals surface area contributed by atoms with Crippen LogP contribution in [0.25, 0.3) is 11.3 Å². The third-order valence-electron chi connectivity index (χ3n) is 4.26. The van der Waals surface area contributed by atoms with Crippen molar-refractivity contribution in [1.82, 2.24) is 15.4 Å². The standard InChI is InChI=1S/C22H25ClN6/c1-5-13-28(4)27-16(2)25-17(3)29-14-7-12-24-21-11-10-20(26-22(21)29)18-8-6-9-19(23)15-18/h5-6,8-13,15H,3,7,14H2,1-2,4H3,(H,25,27)/b13-5-. The number of halogens is 1. The van der Waals surface area contributed by atoms with Gasteiger partial charge >= 0.3 is 0 Å². The fourth-order valence-electron chi connectivity index (χ4n) is 3.05. The Kier molecular flexibility index (Phi) is 6.67. The number of benzene rings is 1. The molecule has 7 heteroatoms. The van der Waals surface area contributed by atoms with Gasteiger partial charge in [0.25, 0.3) is 0 Å². The van der Waals surface area contributed by atoms with E-state index in [2.05, 4.69) is 22.0 Å². The molecule has 0 amide bonds. The van der Waals surface area contributed by atoms with Crippen molar-refractivity contribution in [2.45, 2.75) is 20.3 Å². The van der Waals surface area contributed by atoms with Crippen LogP contribution < -0.4 is 10.3 Å². The van der Waals surface area contributed by atoms with Crippen molar-refractivity contribution in [3.8, 4) is 11.3 Å². The molecule has 0 aliphatic carbocycles. The fourth-order valence-corrected chi connectivity index (χ4v) is 3.24. The van der Waals surface area contributed by atoms with Crippen LogP contribution in [0.5, 0.6) is 0 Å². The van der Waals surface area contributed by atoms with Crippen LogP contribution in [0.15, 0.2) is 71.1 Å². The number of nitrogens with zero attached hydrogens (tertiary/aromatic N) is 5. The van der Waals surface area contributed by atoms with Gasteiger partial charge in [0, 0.05) is 43.0 Å². The van der Waals surface area contributed by atoms with Gasteiger partial charge < -0.3 is 4.90 Å². The molecule has 2 heterocycles. The fraction of sp³-hybridized carbons (Fsp3) is 0.227. The van der Waals surface area contributed by atoms with E-state index >= 15 is 0 Å². The second-order valence-corrected chi connectivity index (χ2v) is 7.06. The predicted octanol–water partition coefficient (Wildman–Crippen LogP) is 5.17. The van der Waals surface area contributed by atoms with Crippen LogP contribution in [-0.2, 0) is 0 Å². The summed E-state index contributed by atoms with van der Waals surface area (Å²) in [7, 11) is 1.91. The zero-order chi connectivity index (χ0) is 20.8. The third kappa shape index (κ3) is 5.23. The van der Waals surface area contributed by atoms with E-state index < -0.39 is 0 Å². The van der Waals surface area contributed by atoms with Crippen LogP contribution in [0.2, 0.25) is 5.02 Å². The number of hydrogen-bond donors (Lipinski definition) is 1. The van der Waals surface area contributed by atoms with Crippen LogP contribution in [0.1, 0.15) is 20.3 Å². The molecule has 0 bridgehead atoms. The smallest absolute Gasteiger partial charge is 0.160 e. The highest BCUT2D eigenvalue weighted by atomic mass is 35.5. The molecular formula is C22H25ClN6. The van der Waals surface area contributed by atoms with Gasteiger partial charge in [0.15, 0.2) is 5.82 Å². The maximum atomic E-state index is 6.16. The van der Waals surface area contributed by atoms with E-state index in [1.54, 1.807) is 0 Å². The van der Waals surface area contributed by atoms with Crippen LogP contribution in [-0.4, -0.2) is 35.6 Å². The quantitative estimate of drug-likeness (QED) is 0.421.